The van der Waals surface area contributed by atoms with Gasteiger partial charge in [0.05, 0.1) is 18.4 Å². The first-order valence-corrected chi connectivity index (χ1v) is 9.30. The lowest BCUT2D eigenvalue weighted by Crippen LogP contribution is -2.32. The fourth-order valence-corrected chi connectivity index (χ4v) is 3.65. The molecule has 0 fully saturated rings. The van der Waals surface area contributed by atoms with Crippen LogP contribution in [0.25, 0.3) is 0 Å². The first kappa shape index (κ1) is 18.0. The van der Waals surface area contributed by atoms with Crippen LogP contribution in [0.1, 0.15) is 38.9 Å². The third kappa shape index (κ3) is 3.20. The summed E-state index contributed by atoms with van der Waals surface area (Å²) in [4.78, 5) is 19.5. The van der Waals surface area contributed by atoms with E-state index in [1.807, 2.05) is 47.4 Å². The minimum absolute atomic E-state index is 0.0114. The lowest BCUT2D eigenvalue weighted by Gasteiger charge is -2.28. The highest BCUT2D eigenvalue weighted by molar-refractivity contribution is 5.99. The Morgan fingerprint density at radius 3 is 2.43 bits per heavy atom. The lowest BCUT2D eigenvalue weighted by atomic mass is 10.1. The molecular weight excluding hydrogens is 350 g/mol. The molecule has 4 rings (SSSR count). The molecule has 3 aromatic rings. The largest absolute Gasteiger partial charge is 0.497 e. The van der Waals surface area contributed by atoms with Gasteiger partial charge in [0.15, 0.2) is 0 Å². The van der Waals surface area contributed by atoms with Crippen molar-refractivity contribution in [2.75, 3.05) is 12.4 Å². The summed E-state index contributed by atoms with van der Waals surface area (Å²) in [5.41, 5.74) is 5.78. The molecule has 1 aliphatic rings. The quantitative estimate of drug-likeness (QED) is 0.717. The molecule has 142 valence electrons. The van der Waals surface area contributed by atoms with Crippen molar-refractivity contribution >= 4 is 11.6 Å². The number of pyridine rings is 1. The number of amides is 1. The number of benzene rings is 2. The summed E-state index contributed by atoms with van der Waals surface area (Å²) in [5.74, 6) is 0.786. The number of ether oxygens (including phenoxy) is 1. The van der Waals surface area contributed by atoms with Crippen molar-refractivity contribution in [2.24, 2.45) is 0 Å². The predicted molar refractivity (Wildman–Crippen MR) is 109 cm³/mol. The van der Waals surface area contributed by atoms with E-state index in [1.165, 1.54) is 0 Å². The van der Waals surface area contributed by atoms with Crippen LogP contribution >= 0.6 is 0 Å². The Morgan fingerprint density at radius 2 is 1.75 bits per heavy atom. The standard InChI is InChI=1S/C23H23N3O2/c1-15-6-4-7-16(2)20(15)25-22-21-19(8-5-13-24-21)23(27)26(22)14-17-9-11-18(28-3)12-10-17/h4-13,22,25H,14H2,1-3H3. The van der Waals surface area contributed by atoms with Crippen molar-refractivity contribution in [3.8, 4) is 5.75 Å². The van der Waals surface area contributed by atoms with E-state index in [0.29, 0.717) is 12.1 Å². The molecule has 1 aromatic heterocycles. The molecule has 1 unspecified atom stereocenters. The number of methoxy groups -OCH3 is 1. The second-order valence-electron chi connectivity index (χ2n) is 7.03. The summed E-state index contributed by atoms with van der Waals surface area (Å²) in [6, 6.07) is 17.6. The normalized spacial score (nSPS) is 15.5. The molecule has 0 saturated heterocycles. The minimum atomic E-state index is -0.314. The number of carbonyl (C=O) groups excluding carboxylic acids is 1. The number of rotatable bonds is 5. The molecule has 0 radical (unpaired) electrons. The summed E-state index contributed by atoms with van der Waals surface area (Å²) < 4.78 is 5.23. The number of aromatic nitrogens is 1. The SMILES string of the molecule is COc1ccc(CN2C(=O)c3cccnc3C2Nc2c(C)cccc2C)cc1. The highest BCUT2D eigenvalue weighted by Crippen LogP contribution is 2.35. The number of hydrogen-bond donors (Lipinski definition) is 1. The number of anilines is 1. The van der Waals surface area contributed by atoms with Gasteiger partial charge in [0.2, 0.25) is 0 Å². The van der Waals surface area contributed by atoms with Gasteiger partial charge in [0.25, 0.3) is 5.91 Å². The topological polar surface area (TPSA) is 54.5 Å². The Labute approximate surface area is 165 Å². The first-order valence-electron chi connectivity index (χ1n) is 9.30. The number of nitrogens with one attached hydrogen (secondary N) is 1. The van der Waals surface area contributed by atoms with E-state index in [0.717, 1.165) is 33.8 Å². The van der Waals surface area contributed by atoms with Crippen LogP contribution in [0.4, 0.5) is 5.69 Å². The van der Waals surface area contributed by atoms with Crippen molar-refractivity contribution in [1.29, 1.82) is 0 Å². The Kier molecular flexibility index (Phi) is 4.74. The van der Waals surface area contributed by atoms with Gasteiger partial charge >= 0.3 is 0 Å². The molecule has 0 bridgehead atoms. The van der Waals surface area contributed by atoms with Gasteiger partial charge in [0.1, 0.15) is 11.9 Å². The summed E-state index contributed by atoms with van der Waals surface area (Å²) in [6.07, 6.45) is 1.42. The Balaban J connectivity index is 1.70. The lowest BCUT2D eigenvalue weighted by molar-refractivity contribution is 0.0727. The number of carbonyl (C=O) groups is 1. The van der Waals surface area contributed by atoms with Crippen LogP contribution in [0.15, 0.2) is 60.8 Å². The van der Waals surface area contributed by atoms with E-state index in [1.54, 1.807) is 13.3 Å². The number of fused-ring (bicyclic) bond motifs is 1. The smallest absolute Gasteiger partial charge is 0.258 e. The molecule has 0 saturated carbocycles. The van der Waals surface area contributed by atoms with E-state index >= 15 is 0 Å². The molecule has 1 aliphatic heterocycles. The zero-order chi connectivity index (χ0) is 19.7. The van der Waals surface area contributed by atoms with Crippen molar-refractivity contribution in [3.63, 3.8) is 0 Å². The molecule has 2 aromatic carbocycles. The molecular formula is C23H23N3O2. The van der Waals surface area contributed by atoms with Gasteiger partial charge < -0.3 is 15.0 Å². The number of aryl methyl sites for hydroxylation is 2. The number of hydrogen-bond acceptors (Lipinski definition) is 4. The summed E-state index contributed by atoms with van der Waals surface area (Å²) in [7, 11) is 1.64. The highest BCUT2D eigenvalue weighted by Gasteiger charge is 2.38. The molecule has 1 atom stereocenters. The van der Waals surface area contributed by atoms with Crippen LogP contribution in [0, 0.1) is 13.8 Å². The van der Waals surface area contributed by atoms with Crippen LogP contribution in [-0.2, 0) is 6.54 Å². The van der Waals surface area contributed by atoms with Crippen LogP contribution < -0.4 is 10.1 Å². The molecule has 5 nitrogen and oxygen atoms in total. The fourth-order valence-electron chi connectivity index (χ4n) is 3.65. The van der Waals surface area contributed by atoms with Gasteiger partial charge in [-0.3, -0.25) is 9.78 Å². The number of para-hydroxylation sites is 1. The molecule has 28 heavy (non-hydrogen) atoms. The summed E-state index contributed by atoms with van der Waals surface area (Å²) in [6.45, 7) is 4.63. The molecule has 1 amide bonds. The molecule has 0 aliphatic carbocycles. The van der Waals surface area contributed by atoms with E-state index < -0.39 is 0 Å². The summed E-state index contributed by atoms with van der Waals surface area (Å²) in [5, 5.41) is 3.57. The van der Waals surface area contributed by atoms with E-state index in [-0.39, 0.29) is 12.1 Å². The maximum absolute atomic E-state index is 13.1. The maximum Gasteiger partial charge on any atom is 0.258 e. The molecule has 1 N–H and O–H groups in total. The van der Waals surface area contributed by atoms with Crippen molar-refractivity contribution < 1.29 is 9.53 Å². The zero-order valence-corrected chi connectivity index (χ0v) is 16.3. The van der Waals surface area contributed by atoms with Crippen molar-refractivity contribution in [1.82, 2.24) is 9.88 Å². The minimum Gasteiger partial charge on any atom is -0.497 e. The van der Waals surface area contributed by atoms with Gasteiger partial charge in [-0.1, -0.05) is 30.3 Å². The Hall–Kier alpha value is -3.34. The van der Waals surface area contributed by atoms with Gasteiger partial charge in [-0.15, -0.1) is 0 Å². The van der Waals surface area contributed by atoms with Gasteiger partial charge in [-0.25, -0.2) is 0 Å². The van der Waals surface area contributed by atoms with Crippen LogP contribution in [0.2, 0.25) is 0 Å². The van der Waals surface area contributed by atoms with Crippen molar-refractivity contribution in [3.05, 3.63) is 88.7 Å². The third-order valence-corrected chi connectivity index (χ3v) is 5.17. The molecule has 0 spiro atoms. The van der Waals surface area contributed by atoms with Crippen LogP contribution in [-0.4, -0.2) is 22.9 Å². The van der Waals surface area contributed by atoms with E-state index in [4.69, 9.17) is 4.74 Å². The monoisotopic (exact) mass is 373 g/mol. The van der Waals surface area contributed by atoms with Crippen LogP contribution in [0.3, 0.4) is 0 Å². The zero-order valence-electron chi connectivity index (χ0n) is 16.3. The third-order valence-electron chi connectivity index (χ3n) is 5.17. The second-order valence-corrected chi connectivity index (χ2v) is 7.03. The van der Waals surface area contributed by atoms with E-state index in [2.05, 4.69) is 36.3 Å². The van der Waals surface area contributed by atoms with Crippen LogP contribution in [0.5, 0.6) is 5.75 Å². The Morgan fingerprint density at radius 1 is 1.04 bits per heavy atom. The first-order chi connectivity index (χ1) is 13.6. The highest BCUT2D eigenvalue weighted by atomic mass is 16.5. The molecule has 5 heteroatoms. The average molecular weight is 373 g/mol. The van der Waals surface area contributed by atoms with Gasteiger partial charge in [-0.2, -0.15) is 0 Å². The van der Waals surface area contributed by atoms with Gasteiger partial charge in [-0.05, 0) is 54.8 Å². The Bertz CT molecular complexity index is 994. The number of nitrogens with zero attached hydrogens (tertiary/aromatic N) is 2. The predicted octanol–water partition coefficient (Wildman–Crippen LogP) is 4.47. The van der Waals surface area contributed by atoms with Gasteiger partial charge in [0, 0.05) is 18.4 Å². The molecule has 2 heterocycles. The second kappa shape index (κ2) is 7.35. The average Bonchev–Trinajstić information content (AvgIpc) is 2.97. The van der Waals surface area contributed by atoms with E-state index in [9.17, 15) is 4.79 Å². The fraction of sp³-hybridized carbons (Fsp3) is 0.217. The summed E-state index contributed by atoms with van der Waals surface area (Å²) >= 11 is 0. The maximum atomic E-state index is 13.1. The van der Waals surface area contributed by atoms with Crippen molar-refractivity contribution in [2.45, 2.75) is 26.6 Å².